The molecule has 0 radical (unpaired) electrons. The predicted molar refractivity (Wildman–Crippen MR) is 132 cm³/mol. The van der Waals surface area contributed by atoms with Gasteiger partial charge in [-0.05, 0) is 30.2 Å². The molecule has 1 aliphatic heterocycles. The van der Waals surface area contributed by atoms with Crippen LogP contribution >= 0.6 is 0 Å². The zero-order chi connectivity index (χ0) is 24.4. The molecule has 0 saturated carbocycles. The van der Waals surface area contributed by atoms with E-state index in [1.807, 2.05) is 79.7 Å². The number of aryl methyl sites for hydroxylation is 1. The molecule has 0 fully saturated rings. The first-order chi connectivity index (χ1) is 17.1. The lowest BCUT2D eigenvalue weighted by atomic mass is 9.83. The van der Waals surface area contributed by atoms with Gasteiger partial charge in [0.15, 0.2) is 11.5 Å². The quantitative estimate of drug-likeness (QED) is 0.407. The third-order valence-corrected chi connectivity index (χ3v) is 6.04. The minimum Gasteiger partial charge on any atom is -0.493 e. The zero-order valence-electron chi connectivity index (χ0n) is 19.4. The van der Waals surface area contributed by atoms with Crippen LogP contribution in [-0.2, 0) is 6.61 Å². The highest BCUT2D eigenvalue weighted by molar-refractivity contribution is 5.71. The minimum atomic E-state index is -0.490. The van der Waals surface area contributed by atoms with Crippen LogP contribution in [0.3, 0.4) is 0 Å². The van der Waals surface area contributed by atoms with Gasteiger partial charge in [-0.1, -0.05) is 66.2 Å². The van der Waals surface area contributed by atoms with Crippen molar-refractivity contribution in [3.05, 3.63) is 107 Å². The molecule has 35 heavy (non-hydrogen) atoms. The molecule has 4 aromatic rings. The highest BCUT2D eigenvalue weighted by atomic mass is 16.5. The van der Waals surface area contributed by atoms with Crippen LogP contribution in [0, 0.1) is 18.3 Å². The van der Waals surface area contributed by atoms with Crippen LogP contribution in [0.5, 0.6) is 17.4 Å². The van der Waals surface area contributed by atoms with Crippen molar-refractivity contribution in [1.29, 1.82) is 5.26 Å². The number of H-pyrrole nitrogens is 1. The SMILES string of the molecule is COc1cc([C@H]2C(C#N)=C(N)Oc3n[nH]c(-c4ccc(C)cc4)c32)ccc1OCc1ccccc1. The number of benzene rings is 3. The molecule has 2 heterocycles. The first-order valence-electron chi connectivity index (χ1n) is 11.2. The number of aromatic amines is 1. The molecule has 5 rings (SSSR count). The van der Waals surface area contributed by atoms with Crippen molar-refractivity contribution in [2.75, 3.05) is 7.11 Å². The van der Waals surface area contributed by atoms with Gasteiger partial charge in [0.25, 0.3) is 0 Å². The van der Waals surface area contributed by atoms with E-state index in [9.17, 15) is 5.26 Å². The van der Waals surface area contributed by atoms with E-state index >= 15 is 0 Å². The highest BCUT2D eigenvalue weighted by Gasteiger charge is 2.36. The first-order valence-corrected chi connectivity index (χ1v) is 11.2. The highest BCUT2D eigenvalue weighted by Crippen LogP contribution is 2.47. The number of ether oxygens (including phenoxy) is 3. The maximum atomic E-state index is 9.99. The number of aromatic nitrogens is 2. The maximum absolute atomic E-state index is 9.99. The number of rotatable bonds is 6. The number of hydrogen-bond donors (Lipinski definition) is 2. The smallest absolute Gasteiger partial charge is 0.244 e. The number of nitriles is 1. The fourth-order valence-electron chi connectivity index (χ4n) is 4.24. The molecule has 0 bridgehead atoms. The van der Waals surface area contributed by atoms with Gasteiger partial charge in [-0.15, -0.1) is 5.10 Å². The second-order valence-electron chi connectivity index (χ2n) is 8.29. The van der Waals surface area contributed by atoms with Crippen LogP contribution < -0.4 is 19.9 Å². The number of nitrogens with two attached hydrogens (primary N) is 1. The van der Waals surface area contributed by atoms with Crippen LogP contribution in [0.25, 0.3) is 11.3 Å². The van der Waals surface area contributed by atoms with Gasteiger partial charge in [-0.25, -0.2) is 0 Å². The normalized spacial score (nSPS) is 14.6. The van der Waals surface area contributed by atoms with Crippen molar-refractivity contribution in [2.45, 2.75) is 19.4 Å². The standard InChI is InChI=1S/C28H24N4O3/c1-17-8-10-19(11-9-17)26-25-24(21(15-29)27(30)35-28(25)32-31-26)20-12-13-22(23(14-20)33-2)34-16-18-6-4-3-5-7-18/h3-14,24H,16,30H2,1-2H3,(H,31,32)/t24-/m0/s1. The monoisotopic (exact) mass is 464 g/mol. The summed E-state index contributed by atoms with van der Waals surface area (Å²) in [6.45, 7) is 2.44. The lowest BCUT2D eigenvalue weighted by Crippen LogP contribution is -2.21. The summed E-state index contributed by atoms with van der Waals surface area (Å²) in [5, 5.41) is 17.4. The molecule has 0 unspecified atom stereocenters. The number of allylic oxidation sites excluding steroid dienone is 1. The molecule has 0 amide bonds. The second-order valence-corrected chi connectivity index (χ2v) is 8.29. The molecule has 1 aliphatic rings. The lowest BCUT2D eigenvalue weighted by Gasteiger charge is -2.25. The third-order valence-electron chi connectivity index (χ3n) is 6.04. The molecule has 3 N–H and O–H groups in total. The average molecular weight is 465 g/mol. The number of nitrogens with one attached hydrogen (secondary N) is 1. The Kier molecular flexibility index (Phi) is 5.86. The molecular formula is C28H24N4O3. The number of nitrogens with zero attached hydrogens (tertiary/aromatic N) is 2. The summed E-state index contributed by atoms with van der Waals surface area (Å²) in [6.07, 6.45) is 0. The molecule has 7 nitrogen and oxygen atoms in total. The Labute approximate surface area is 203 Å². The summed E-state index contributed by atoms with van der Waals surface area (Å²) < 4.78 is 17.4. The van der Waals surface area contributed by atoms with E-state index in [0.29, 0.717) is 29.6 Å². The largest absolute Gasteiger partial charge is 0.493 e. The zero-order valence-corrected chi connectivity index (χ0v) is 19.4. The summed E-state index contributed by atoms with van der Waals surface area (Å²) >= 11 is 0. The Balaban J connectivity index is 1.56. The van der Waals surface area contributed by atoms with Gasteiger partial charge in [0.1, 0.15) is 18.2 Å². The van der Waals surface area contributed by atoms with Gasteiger partial charge >= 0.3 is 0 Å². The molecular weight excluding hydrogens is 440 g/mol. The van der Waals surface area contributed by atoms with E-state index in [-0.39, 0.29) is 5.88 Å². The summed E-state index contributed by atoms with van der Waals surface area (Å²) in [6, 6.07) is 25.9. The predicted octanol–water partition coefficient (Wildman–Crippen LogP) is 5.19. The van der Waals surface area contributed by atoms with Crippen LogP contribution in [0.2, 0.25) is 0 Å². The number of methoxy groups -OCH3 is 1. The van der Waals surface area contributed by atoms with Crippen molar-refractivity contribution in [3.8, 4) is 34.7 Å². The minimum absolute atomic E-state index is 0.0373. The summed E-state index contributed by atoms with van der Waals surface area (Å²) in [5.41, 5.74) is 11.9. The number of fused-ring (bicyclic) bond motifs is 1. The van der Waals surface area contributed by atoms with E-state index in [4.69, 9.17) is 19.9 Å². The van der Waals surface area contributed by atoms with Crippen LogP contribution in [-0.4, -0.2) is 17.3 Å². The van der Waals surface area contributed by atoms with Gasteiger partial charge in [0.2, 0.25) is 11.8 Å². The van der Waals surface area contributed by atoms with Crippen LogP contribution in [0.1, 0.15) is 28.2 Å². The van der Waals surface area contributed by atoms with Gasteiger partial charge < -0.3 is 19.9 Å². The van der Waals surface area contributed by atoms with E-state index in [1.54, 1.807) is 7.11 Å². The second kappa shape index (κ2) is 9.27. The molecule has 0 saturated heterocycles. The summed E-state index contributed by atoms with van der Waals surface area (Å²) in [7, 11) is 1.59. The van der Waals surface area contributed by atoms with Crippen molar-refractivity contribution in [3.63, 3.8) is 0 Å². The van der Waals surface area contributed by atoms with E-state index in [2.05, 4.69) is 16.3 Å². The molecule has 7 heteroatoms. The van der Waals surface area contributed by atoms with Gasteiger partial charge in [-0.3, -0.25) is 5.10 Å². The van der Waals surface area contributed by atoms with Gasteiger partial charge in [0.05, 0.1) is 24.3 Å². The van der Waals surface area contributed by atoms with Gasteiger partial charge in [0, 0.05) is 5.56 Å². The molecule has 0 spiro atoms. The van der Waals surface area contributed by atoms with Crippen LogP contribution in [0.15, 0.2) is 84.3 Å². The van der Waals surface area contributed by atoms with E-state index < -0.39 is 5.92 Å². The summed E-state index contributed by atoms with van der Waals surface area (Å²) in [5.74, 6) is 1.06. The van der Waals surface area contributed by atoms with E-state index in [0.717, 1.165) is 33.5 Å². The van der Waals surface area contributed by atoms with Crippen molar-refractivity contribution in [2.24, 2.45) is 5.73 Å². The van der Waals surface area contributed by atoms with Crippen molar-refractivity contribution in [1.82, 2.24) is 10.2 Å². The lowest BCUT2D eigenvalue weighted by molar-refractivity contribution is 0.284. The maximum Gasteiger partial charge on any atom is 0.244 e. The first kappa shape index (κ1) is 22.1. The fraction of sp³-hybridized carbons (Fsp3) is 0.143. The Bertz CT molecular complexity index is 1430. The fourth-order valence-corrected chi connectivity index (χ4v) is 4.24. The van der Waals surface area contributed by atoms with E-state index in [1.165, 1.54) is 0 Å². The Morgan fingerprint density at radius 1 is 1.06 bits per heavy atom. The molecule has 3 aromatic carbocycles. The third kappa shape index (κ3) is 4.18. The Morgan fingerprint density at radius 2 is 1.83 bits per heavy atom. The average Bonchev–Trinajstić information content (AvgIpc) is 3.30. The molecule has 1 aromatic heterocycles. The summed E-state index contributed by atoms with van der Waals surface area (Å²) in [4.78, 5) is 0. The Morgan fingerprint density at radius 3 is 2.54 bits per heavy atom. The molecule has 1 atom stereocenters. The molecule has 174 valence electrons. The Hall–Kier alpha value is -4.70. The van der Waals surface area contributed by atoms with Crippen LogP contribution in [0.4, 0.5) is 0 Å². The van der Waals surface area contributed by atoms with Crippen molar-refractivity contribution >= 4 is 0 Å². The van der Waals surface area contributed by atoms with Crippen molar-refractivity contribution < 1.29 is 14.2 Å². The number of hydrogen-bond acceptors (Lipinski definition) is 6. The topological polar surface area (TPSA) is 106 Å². The van der Waals surface area contributed by atoms with Gasteiger partial charge in [-0.2, -0.15) is 5.26 Å². The molecule has 0 aliphatic carbocycles.